The molecule has 4 aliphatic heterocycles. The molecule has 0 saturated carbocycles. The average Bonchev–Trinajstić information content (AvgIpc) is 3.38. The summed E-state index contributed by atoms with van der Waals surface area (Å²) < 4.78 is 0. The first-order valence-electron chi connectivity index (χ1n) is 17.7. The molecule has 4 heterocycles. The minimum absolute atomic E-state index is 0.0782. The molecular weight excluding hydrogens is 668 g/mol. The number of carbonyl (C=O) groups is 5. The molecule has 264 valence electrons. The summed E-state index contributed by atoms with van der Waals surface area (Å²) in [6, 6.07) is 23.8. The summed E-state index contributed by atoms with van der Waals surface area (Å²) in [4.78, 5) is 69.2. The van der Waals surface area contributed by atoms with Gasteiger partial charge in [0, 0.05) is 60.3 Å². The van der Waals surface area contributed by atoms with Crippen LogP contribution in [0.5, 0.6) is 0 Å². The van der Waals surface area contributed by atoms with Crippen LogP contribution in [-0.4, -0.2) is 70.6 Å². The van der Waals surface area contributed by atoms with Crippen molar-refractivity contribution < 1.29 is 24.0 Å². The second-order valence-corrected chi connectivity index (χ2v) is 14.5. The fourth-order valence-corrected chi connectivity index (χ4v) is 7.65. The highest BCUT2D eigenvalue weighted by Gasteiger charge is 2.45. The topological polar surface area (TPSA) is 143 Å². The van der Waals surface area contributed by atoms with Crippen LogP contribution in [0.1, 0.15) is 69.7 Å². The van der Waals surface area contributed by atoms with Crippen molar-refractivity contribution in [2.45, 2.75) is 51.2 Å². The fraction of sp³-hybridized carbons (Fsp3) is 0.286. The van der Waals surface area contributed by atoms with Gasteiger partial charge in [0.1, 0.15) is 6.04 Å². The third kappa shape index (κ3) is 5.99. The van der Waals surface area contributed by atoms with Crippen LogP contribution in [0.4, 0.5) is 11.4 Å². The summed E-state index contributed by atoms with van der Waals surface area (Å²) in [6.45, 7) is 6.60. The predicted octanol–water partition coefficient (Wildman–Crippen LogP) is 4.38. The van der Waals surface area contributed by atoms with E-state index in [0.717, 1.165) is 39.9 Å². The minimum atomic E-state index is -0.990. The first-order chi connectivity index (χ1) is 25.5. The summed E-state index contributed by atoms with van der Waals surface area (Å²) in [5, 5.41) is 16.5. The number of rotatable bonds is 5. The molecule has 0 bridgehead atoms. The summed E-state index contributed by atoms with van der Waals surface area (Å²) in [5.41, 5.74) is 5.15. The molecule has 8 rings (SSSR count). The van der Waals surface area contributed by atoms with E-state index in [-0.39, 0.29) is 35.8 Å². The zero-order chi connectivity index (χ0) is 37.0. The van der Waals surface area contributed by atoms with E-state index in [1.165, 1.54) is 11.1 Å². The molecule has 4 aromatic rings. The maximum Gasteiger partial charge on any atom is 0.262 e. The number of hydrogen-bond donors (Lipinski definition) is 2. The average molecular weight is 705 g/mol. The normalized spacial score (nSPS) is 18.8. The van der Waals surface area contributed by atoms with Crippen molar-refractivity contribution in [2.75, 3.05) is 29.9 Å². The Hall–Kier alpha value is -6.30. The Morgan fingerprint density at radius 3 is 2.43 bits per heavy atom. The maximum atomic E-state index is 13.7. The van der Waals surface area contributed by atoms with E-state index >= 15 is 0 Å². The molecule has 4 aliphatic rings. The van der Waals surface area contributed by atoms with Crippen LogP contribution in [0, 0.1) is 29.1 Å². The Morgan fingerprint density at radius 2 is 1.66 bits per heavy atom. The van der Waals surface area contributed by atoms with Gasteiger partial charge in [0.2, 0.25) is 17.7 Å². The lowest BCUT2D eigenvalue weighted by atomic mass is 9.92. The van der Waals surface area contributed by atoms with Gasteiger partial charge in [-0.2, -0.15) is 5.26 Å². The van der Waals surface area contributed by atoms with E-state index in [1.54, 1.807) is 24.3 Å². The standard InChI is InChI=1S/C42H36N6O5/c1-42(2,41(53)44-35-14-11-28(21-43)31-5-3-4-6-32(31)35)47-18-17-27-19-25(9-10-29(27)24-47)7-8-26-22-46(23-26)30-12-13-33-34(20-30)40(52)48(39(33)51)36-15-16-37(49)45-38(36)50/h3-6,9-14,19-20,26,36H,15-18,22-24H2,1-2H3,(H,44,53)(H,45,49,50). The van der Waals surface area contributed by atoms with E-state index in [9.17, 15) is 29.2 Å². The lowest BCUT2D eigenvalue weighted by Crippen LogP contribution is -2.54. The van der Waals surface area contributed by atoms with Crippen LogP contribution in [0.3, 0.4) is 0 Å². The van der Waals surface area contributed by atoms with Gasteiger partial charge in [-0.05, 0) is 80.3 Å². The van der Waals surface area contributed by atoms with Gasteiger partial charge in [-0.15, -0.1) is 0 Å². The van der Waals surface area contributed by atoms with Crippen LogP contribution in [0.15, 0.2) is 72.8 Å². The molecule has 1 unspecified atom stereocenters. The molecule has 2 N–H and O–H groups in total. The second-order valence-electron chi connectivity index (χ2n) is 14.5. The Kier molecular flexibility index (Phi) is 8.32. The summed E-state index contributed by atoms with van der Waals surface area (Å²) in [5.74, 6) is 4.69. The van der Waals surface area contributed by atoms with Gasteiger partial charge in [-0.3, -0.25) is 39.1 Å². The Labute approximate surface area is 306 Å². The van der Waals surface area contributed by atoms with Gasteiger partial charge in [-0.25, -0.2) is 0 Å². The smallest absolute Gasteiger partial charge is 0.262 e. The molecule has 5 amide bonds. The first-order valence-corrected chi connectivity index (χ1v) is 17.7. The van der Waals surface area contributed by atoms with Gasteiger partial charge < -0.3 is 10.2 Å². The van der Waals surface area contributed by atoms with Crippen molar-refractivity contribution >= 4 is 51.7 Å². The van der Waals surface area contributed by atoms with E-state index in [2.05, 4.69) is 50.5 Å². The quantitative estimate of drug-likeness (QED) is 0.230. The number of nitrogens with zero attached hydrogens (tertiary/aromatic N) is 4. The van der Waals surface area contributed by atoms with Crippen LogP contribution in [0.25, 0.3) is 10.8 Å². The lowest BCUT2D eigenvalue weighted by Gasteiger charge is -2.40. The highest BCUT2D eigenvalue weighted by atomic mass is 16.2. The molecule has 53 heavy (non-hydrogen) atoms. The third-order valence-corrected chi connectivity index (χ3v) is 10.9. The van der Waals surface area contributed by atoms with Crippen molar-refractivity contribution in [3.63, 3.8) is 0 Å². The predicted molar refractivity (Wildman–Crippen MR) is 198 cm³/mol. The van der Waals surface area contributed by atoms with Crippen LogP contribution in [-0.2, 0) is 27.3 Å². The Morgan fingerprint density at radius 1 is 0.887 bits per heavy atom. The number of piperidine rings is 1. The molecule has 0 aliphatic carbocycles. The van der Waals surface area contributed by atoms with Crippen LogP contribution in [0.2, 0.25) is 0 Å². The van der Waals surface area contributed by atoms with Gasteiger partial charge in [-0.1, -0.05) is 42.2 Å². The summed E-state index contributed by atoms with van der Waals surface area (Å²) in [7, 11) is 0. The summed E-state index contributed by atoms with van der Waals surface area (Å²) >= 11 is 0. The van der Waals surface area contributed by atoms with Gasteiger partial charge >= 0.3 is 0 Å². The molecule has 0 spiro atoms. The van der Waals surface area contributed by atoms with Gasteiger partial charge in [0.05, 0.1) is 34.2 Å². The highest BCUT2D eigenvalue weighted by molar-refractivity contribution is 6.23. The summed E-state index contributed by atoms with van der Waals surface area (Å²) in [6.07, 6.45) is 0.989. The molecule has 11 nitrogen and oxygen atoms in total. The number of nitrogens with one attached hydrogen (secondary N) is 2. The SMILES string of the molecule is CC(C)(C(=O)Nc1ccc(C#N)c2ccccc12)N1CCc2cc(C#CC3CN(c4ccc5c(c4)C(=O)N(C4CCC(=O)NC4=O)C5=O)C3)ccc2C1. The van der Waals surface area contributed by atoms with Crippen LogP contribution < -0.4 is 15.5 Å². The third-order valence-electron chi connectivity index (χ3n) is 10.9. The number of nitriles is 1. The Balaban J connectivity index is 0.884. The lowest BCUT2D eigenvalue weighted by molar-refractivity contribution is -0.136. The molecule has 2 saturated heterocycles. The molecular formula is C42H36N6O5. The van der Waals surface area contributed by atoms with Gasteiger partial charge in [0.15, 0.2) is 0 Å². The highest BCUT2D eigenvalue weighted by Crippen LogP contribution is 2.34. The van der Waals surface area contributed by atoms with E-state index in [0.29, 0.717) is 30.9 Å². The second kappa shape index (κ2) is 13.0. The number of hydrogen-bond acceptors (Lipinski definition) is 8. The molecule has 11 heteroatoms. The number of anilines is 2. The fourth-order valence-electron chi connectivity index (χ4n) is 7.65. The number of imide groups is 2. The Bertz CT molecular complexity index is 2380. The van der Waals surface area contributed by atoms with Crippen molar-refractivity contribution in [2.24, 2.45) is 5.92 Å². The molecule has 0 radical (unpaired) electrons. The van der Waals surface area contributed by atoms with E-state index in [1.807, 2.05) is 50.2 Å². The monoisotopic (exact) mass is 704 g/mol. The van der Waals surface area contributed by atoms with Crippen molar-refractivity contribution in [1.82, 2.24) is 15.1 Å². The largest absolute Gasteiger partial charge is 0.369 e. The zero-order valence-corrected chi connectivity index (χ0v) is 29.4. The first kappa shape index (κ1) is 33.8. The van der Waals surface area contributed by atoms with E-state index < -0.39 is 35.2 Å². The van der Waals surface area contributed by atoms with Crippen molar-refractivity contribution in [1.29, 1.82) is 5.26 Å². The van der Waals surface area contributed by atoms with E-state index in [4.69, 9.17) is 0 Å². The number of benzene rings is 4. The van der Waals surface area contributed by atoms with Crippen LogP contribution >= 0.6 is 0 Å². The zero-order valence-electron chi connectivity index (χ0n) is 29.4. The number of fused-ring (bicyclic) bond motifs is 3. The minimum Gasteiger partial charge on any atom is -0.369 e. The van der Waals surface area contributed by atoms with Crippen molar-refractivity contribution in [3.05, 3.63) is 106 Å². The van der Waals surface area contributed by atoms with Crippen molar-refractivity contribution in [3.8, 4) is 17.9 Å². The molecule has 4 aromatic carbocycles. The number of carbonyl (C=O) groups excluding carboxylic acids is 5. The maximum absolute atomic E-state index is 13.7. The number of amides is 5. The molecule has 2 fully saturated rings. The molecule has 1 atom stereocenters. The molecule has 0 aromatic heterocycles. The van der Waals surface area contributed by atoms with Gasteiger partial charge in [0.25, 0.3) is 11.8 Å².